The van der Waals surface area contributed by atoms with Crippen LogP contribution in [0.3, 0.4) is 0 Å². The van der Waals surface area contributed by atoms with Gasteiger partial charge in [0, 0.05) is 11.1 Å². The van der Waals surface area contributed by atoms with Gasteiger partial charge in [-0.3, -0.25) is 0 Å². The van der Waals surface area contributed by atoms with E-state index < -0.39 is 0 Å². The molecule has 0 saturated carbocycles. The molecule has 0 fully saturated rings. The molecule has 2 aromatic rings. The fourth-order valence-electron chi connectivity index (χ4n) is 3.33. The van der Waals surface area contributed by atoms with Crippen molar-refractivity contribution in [2.24, 2.45) is 0 Å². The first-order valence-electron chi connectivity index (χ1n) is 9.06. The number of fused-ring (bicyclic) bond motifs is 2. The van der Waals surface area contributed by atoms with Gasteiger partial charge in [0.2, 0.25) is 0 Å². The number of methoxy groups -OCH3 is 3. The Balaban J connectivity index is 2.03. The van der Waals surface area contributed by atoms with Crippen molar-refractivity contribution >= 4 is 0 Å². The van der Waals surface area contributed by atoms with Crippen LogP contribution in [0, 0.1) is 0 Å². The Morgan fingerprint density at radius 3 is 2.15 bits per heavy atom. The van der Waals surface area contributed by atoms with Gasteiger partial charge in [0.1, 0.15) is 12.4 Å². The first-order chi connectivity index (χ1) is 13.2. The Labute approximate surface area is 160 Å². The summed E-state index contributed by atoms with van der Waals surface area (Å²) in [4.78, 5) is 0. The number of ether oxygens (including phenoxy) is 5. The highest BCUT2D eigenvalue weighted by molar-refractivity contribution is 5.56. The molecule has 3 rings (SSSR count). The molecule has 1 heterocycles. The van der Waals surface area contributed by atoms with Crippen LogP contribution in [0.5, 0.6) is 28.7 Å². The summed E-state index contributed by atoms with van der Waals surface area (Å²) in [5, 5.41) is 0. The van der Waals surface area contributed by atoms with E-state index in [1.165, 1.54) is 0 Å². The number of benzene rings is 2. The lowest BCUT2D eigenvalue weighted by Crippen LogP contribution is -2.07. The summed E-state index contributed by atoms with van der Waals surface area (Å²) in [6.07, 6.45) is 5.70. The fraction of sp³-hybridized carbons (Fsp3) is 0.364. The Morgan fingerprint density at radius 1 is 0.815 bits per heavy atom. The van der Waals surface area contributed by atoms with Crippen molar-refractivity contribution in [1.29, 1.82) is 0 Å². The molecule has 0 bridgehead atoms. The maximum atomic E-state index is 6.18. The smallest absolute Gasteiger partial charge is 0.168 e. The van der Waals surface area contributed by atoms with Crippen molar-refractivity contribution in [2.75, 3.05) is 27.9 Å². The van der Waals surface area contributed by atoms with Crippen LogP contribution >= 0.6 is 0 Å². The SMILES string of the molecule is CCOc1c(OC)ccc2c1C/C=C/Cc1c(ccc(OC)c1OC)CO2. The summed E-state index contributed by atoms with van der Waals surface area (Å²) in [6.45, 7) is 2.97. The zero-order valence-electron chi connectivity index (χ0n) is 16.3. The first kappa shape index (κ1) is 19.0. The topological polar surface area (TPSA) is 46.2 Å². The van der Waals surface area contributed by atoms with Gasteiger partial charge >= 0.3 is 0 Å². The summed E-state index contributed by atoms with van der Waals surface area (Å²) in [5.41, 5.74) is 3.14. The van der Waals surface area contributed by atoms with E-state index in [9.17, 15) is 0 Å². The van der Waals surface area contributed by atoms with Crippen molar-refractivity contribution < 1.29 is 23.7 Å². The third-order valence-corrected chi connectivity index (χ3v) is 4.63. The average molecular weight is 370 g/mol. The Morgan fingerprint density at radius 2 is 1.48 bits per heavy atom. The third-order valence-electron chi connectivity index (χ3n) is 4.63. The van der Waals surface area contributed by atoms with Crippen LogP contribution in [0.15, 0.2) is 36.4 Å². The molecular formula is C22H26O5. The van der Waals surface area contributed by atoms with Gasteiger partial charge in [-0.25, -0.2) is 0 Å². The minimum Gasteiger partial charge on any atom is -0.493 e. The predicted molar refractivity (Wildman–Crippen MR) is 105 cm³/mol. The zero-order chi connectivity index (χ0) is 19.2. The van der Waals surface area contributed by atoms with Gasteiger partial charge in [-0.2, -0.15) is 0 Å². The second kappa shape index (κ2) is 8.71. The van der Waals surface area contributed by atoms with Gasteiger partial charge in [-0.05, 0) is 43.5 Å². The molecule has 5 heteroatoms. The van der Waals surface area contributed by atoms with Crippen LogP contribution in [0.4, 0.5) is 0 Å². The molecule has 0 unspecified atom stereocenters. The van der Waals surface area contributed by atoms with Gasteiger partial charge in [-0.15, -0.1) is 0 Å². The Bertz CT molecular complexity index is 826. The van der Waals surface area contributed by atoms with Gasteiger partial charge < -0.3 is 23.7 Å². The van der Waals surface area contributed by atoms with Crippen LogP contribution in [0.25, 0.3) is 0 Å². The second-order valence-electron chi connectivity index (χ2n) is 6.11. The van der Waals surface area contributed by atoms with Crippen LogP contribution in [-0.2, 0) is 19.4 Å². The number of rotatable bonds is 5. The molecule has 0 N–H and O–H groups in total. The molecular weight excluding hydrogens is 344 g/mol. The largest absolute Gasteiger partial charge is 0.493 e. The Hall–Kier alpha value is -2.82. The summed E-state index contributed by atoms with van der Waals surface area (Å²) in [5.74, 6) is 3.75. The molecule has 0 amide bonds. The van der Waals surface area contributed by atoms with E-state index in [-0.39, 0.29) is 0 Å². The number of hydrogen-bond acceptors (Lipinski definition) is 5. The zero-order valence-corrected chi connectivity index (χ0v) is 16.3. The van der Waals surface area contributed by atoms with Crippen molar-refractivity contribution in [3.63, 3.8) is 0 Å². The standard InChI is InChI=1S/C22H26O5/c1-5-26-22-17-9-7-6-8-16-15(10-11-19(23-2)21(16)25-4)14-27-18(17)12-13-20(22)24-3/h6-7,10-13H,5,8-9,14H2,1-4H3/b7-6+. The number of allylic oxidation sites excluding steroid dienone is 2. The highest BCUT2D eigenvalue weighted by Crippen LogP contribution is 2.40. The minimum atomic E-state index is 0.439. The lowest BCUT2D eigenvalue weighted by atomic mass is 10.0. The van der Waals surface area contributed by atoms with Crippen LogP contribution in [0.1, 0.15) is 23.6 Å². The molecule has 5 nitrogen and oxygen atoms in total. The fourth-order valence-corrected chi connectivity index (χ4v) is 3.33. The van der Waals surface area contributed by atoms with E-state index in [1.54, 1.807) is 21.3 Å². The molecule has 1 aliphatic rings. The summed E-state index contributed by atoms with van der Waals surface area (Å²) in [7, 11) is 4.96. The highest BCUT2D eigenvalue weighted by atomic mass is 16.5. The third kappa shape index (κ3) is 3.82. The van der Waals surface area contributed by atoms with Crippen molar-refractivity contribution in [2.45, 2.75) is 26.4 Å². The first-order valence-corrected chi connectivity index (χ1v) is 9.06. The van der Waals surface area contributed by atoms with E-state index in [0.717, 1.165) is 51.9 Å². The monoisotopic (exact) mass is 370 g/mol. The van der Waals surface area contributed by atoms with E-state index in [4.69, 9.17) is 23.7 Å². The van der Waals surface area contributed by atoms with Crippen molar-refractivity contribution in [1.82, 2.24) is 0 Å². The number of hydrogen-bond donors (Lipinski definition) is 0. The van der Waals surface area contributed by atoms with Gasteiger partial charge in [-0.1, -0.05) is 18.2 Å². The highest BCUT2D eigenvalue weighted by Gasteiger charge is 2.19. The van der Waals surface area contributed by atoms with E-state index in [0.29, 0.717) is 19.6 Å². The van der Waals surface area contributed by atoms with Gasteiger partial charge in [0.25, 0.3) is 0 Å². The maximum absolute atomic E-state index is 6.18. The predicted octanol–water partition coefficient (Wildman–Crippen LogP) is 4.34. The Kier molecular flexibility index (Phi) is 6.12. The lowest BCUT2D eigenvalue weighted by Gasteiger charge is -2.20. The molecule has 0 aromatic heterocycles. The minimum absolute atomic E-state index is 0.439. The molecule has 0 atom stereocenters. The summed E-state index contributed by atoms with van der Waals surface area (Å²) in [6, 6.07) is 7.76. The van der Waals surface area contributed by atoms with Crippen LogP contribution in [-0.4, -0.2) is 27.9 Å². The molecule has 0 aliphatic carbocycles. The lowest BCUT2D eigenvalue weighted by molar-refractivity contribution is 0.283. The van der Waals surface area contributed by atoms with E-state index in [1.807, 2.05) is 31.2 Å². The van der Waals surface area contributed by atoms with Crippen molar-refractivity contribution in [3.8, 4) is 28.7 Å². The van der Waals surface area contributed by atoms with Crippen LogP contribution < -0.4 is 23.7 Å². The molecule has 1 aliphatic heterocycles. The normalized spacial score (nSPS) is 14.2. The summed E-state index contributed by atoms with van der Waals surface area (Å²) < 4.78 is 28.5. The molecule has 2 aromatic carbocycles. The molecule has 144 valence electrons. The molecule has 0 saturated heterocycles. The molecule has 27 heavy (non-hydrogen) atoms. The quantitative estimate of drug-likeness (QED) is 0.733. The maximum Gasteiger partial charge on any atom is 0.168 e. The second-order valence-corrected chi connectivity index (χ2v) is 6.11. The van der Waals surface area contributed by atoms with E-state index >= 15 is 0 Å². The van der Waals surface area contributed by atoms with Gasteiger partial charge in [0.05, 0.1) is 27.9 Å². The van der Waals surface area contributed by atoms with Crippen LogP contribution in [0.2, 0.25) is 0 Å². The van der Waals surface area contributed by atoms with Crippen molar-refractivity contribution in [3.05, 3.63) is 53.1 Å². The molecule has 0 radical (unpaired) electrons. The van der Waals surface area contributed by atoms with E-state index in [2.05, 4.69) is 12.2 Å². The van der Waals surface area contributed by atoms with Gasteiger partial charge in [0.15, 0.2) is 23.0 Å². The summed E-state index contributed by atoms with van der Waals surface area (Å²) >= 11 is 0. The molecule has 0 spiro atoms. The average Bonchev–Trinajstić information content (AvgIpc) is 2.70.